The molecule has 0 saturated carbocycles. The molecule has 7 amide bonds. The first kappa shape index (κ1) is 42.6. The molecule has 0 unspecified atom stereocenters. The molecule has 0 spiro atoms. The van der Waals surface area contributed by atoms with E-state index in [9.17, 15) is 63.3 Å². The van der Waals surface area contributed by atoms with Gasteiger partial charge in [-0.15, -0.1) is 0 Å². The molecule has 0 aliphatic carbocycles. The van der Waals surface area contributed by atoms with Crippen LogP contribution in [-0.2, 0) is 47.9 Å². The van der Waals surface area contributed by atoms with Gasteiger partial charge in [0.15, 0.2) is 0 Å². The summed E-state index contributed by atoms with van der Waals surface area (Å²) in [4.78, 5) is 123. The number of hydrogen-bond acceptors (Lipinski definition) is 12. The first-order valence-corrected chi connectivity index (χ1v) is 15.5. The van der Waals surface area contributed by atoms with Crippen LogP contribution in [0.15, 0.2) is 0 Å². The Hall–Kier alpha value is -5.38. The number of amides is 7. The lowest BCUT2D eigenvalue weighted by Gasteiger charge is -2.30. The summed E-state index contributed by atoms with van der Waals surface area (Å²) in [6, 6.07) is -7.54. The fraction of sp³-hybridized carbons (Fsp3) is 0.643. The number of aliphatic hydroxyl groups excluding tert-OH is 1. The van der Waals surface area contributed by atoms with Crippen molar-refractivity contribution in [2.24, 2.45) is 11.5 Å². The summed E-state index contributed by atoms with van der Waals surface area (Å²) in [5, 5.41) is 48.5. The van der Waals surface area contributed by atoms with Gasteiger partial charge in [-0.2, -0.15) is 0 Å². The summed E-state index contributed by atoms with van der Waals surface area (Å²) in [7, 11) is 0. The molecule has 1 aliphatic rings. The topological polar surface area (TPSA) is 367 Å². The fourth-order valence-corrected chi connectivity index (χ4v) is 4.82. The van der Waals surface area contributed by atoms with Crippen molar-refractivity contribution in [1.29, 1.82) is 0 Å². The molecule has 280 valence electrons. The smallest absolute Gasteiger partial charge is 0.305 e. The highest BCUT2D eigenvalue weighted by Crippen LogP contribution is 2.20. The molecular formula is C28H44N8O14. The second-order valence-electron chi connectivity index (χ2n) is 11.3. The van der Waals surface area contributed by atoms with E-state index >= 15 is 0 Å². The van der Waals surface area contributed by atoms with Crippen LogP contribution in [0.1, 0.15) is 58.3 Å². The maximum absolute atomic E-state index is 13.3. The van der Waals surface area contributed by atoms with E-state index in [4.69, 9.17) is 16.6 Å². The van der Waals surface area contributed by atoms with E-state index in [1.165, 1.54) is 0 Å². The Morgan fingerprint density at radius 3 is 1.86 bits per heavy atom. The Labute approximate surface area is 285 Å². The predicted molar refractivity (Wildman–Crippen MR) is 166 cm³/mol. The van der Waals surface area contributed by atoms with Gasteiger partial charge in [0.1, 0.15) is 30.2 Å². The minimum absolute atomic E-state index is 0.0105. The van der Waals surface area contributed by atoms with Crippen LogP contribution in [0.3, 0.4) is 0 Å². The third-order valence-corrected chi connectivity index (χ3v) is 7.31. The zero-order valence-electron chi connectivity index (χ0n) is 27.2. The van der Waals surface area contributed by atoms with E-state index in [1.54, 1.807) is 0 Å². The normalized spacial score (nSPS) is 16.8. The van der Waals surface area contributed by atoms with Crippen LogP contribution in [0, 0.1) is 0 Å². The van der Waals surface area contributed by atoms with Gasteiger partial charge < -0.3 is 63.4 Å². The average molecular weight is 717 g/mol. The van der Waals surface area contributed by atoms with Gasteiger partial charge in [-0.3, -0.25) is 47.9 Å². The number of aliphatic carboxylic acids is 3. The molecule has 1 fully saturated rings. The highest BCUT2D eigenvalue weighted by Gasteiger charge is 2.40. The SMILES string of the molecule is C[C@@H](O)[C@H](NC(=O)[C@H](CCC(=O)O)NC(=O)[C@@H]1CCCN1C(=O)[C@H](CC(=O)O)NC(=O)CCN)C(=O)NCC(=O)N[C@@H](CCC(=O)O)C(N)=O. The zero-order chi connectivity index (χ0) is 38.1. The molecule has 0 aromatic heterocycles. The van der Waals surface area contributed by atoms with E-state index in [2.05, 4.69) is 26.6 Å². The van der Waals surface area contributed by atoms with Gasteiger partial charge in [0.25, 0.3) is 0 Å². The minimum Gasteiger partial charge on any atom is -0.481 e. The second kappa shape index (κ2) is 20.9. The Bertz CT molecular complexity index is 1310. The molecule has 0 radical (unpaired) electrons. The number of carbonyl (C=O) groups is 10. The number of nitrogens with two attached hydrogens (primary N) is 2. The summed E-state index contributed by atoms with van der Waals surface area (Å²) in [6.07, 6.45) is -4.24. The molecular weight excluding hydrogens is 672 g/mol. The number of likely N-dealkylation sites (tertiary alicyclic amines) is 1. The number of hydrogen-bond donors (Lipinski definition) is 11. The van der Waals surface area contributed by atoms with Crippen molar-refractivity contribution in [2.75, 3.05) is 19.6 Å². The average Bonchev–Trinajstić information content (AvgIpc) is 3.51. The molecule has 13 N–H and O–H groups in total. The fourth-order valence-electron chi connectivity index (χ4n) is 4.82. The van der Waals surface area contributed by atoms with Crippen LogP contribution in [0.25, 0.3) is 0 Å². The second-order valence-corrected chi connectivity index (χ2v) is 11.3. The molecule has 22 nitrogen and oxygen atoms in total. The first-order valence-electron chi connectivity index (χ1n) is 15.5. The molecule has 1 rings (SSSR count). The number of primary amides is 1. The van der Waals surface area contributed by atoms with Gasteiger partial charge in [0.2, 0.25) is 41.4 Å². The highest BCUT2D eigenvalue weighted by molar-refractivity contribution is 5.97. The molecule has 0 bridgehead atoms. The van der Waals surface area contributed by atoms with Gasteiger partial charge in [-0.25, -0.2) is 0 Å². The largest absolute Gasteiger partial charge is 0.481 e. The number of carboxylic acids is 3. The third kappa shape index (κ3) is 14.8. The van der Waals surface area contributed by atoms with E-state index < -0.39 is 128 Å². The first-order chi connectivity index (χ1) is 23.4. The van der Waals surface area contributed by atoms with Crippen LogP contribution in [0.2, 0.25) is 0 Å². The summed E-state index contributed by atoms with van der Waals surface area (Å²) < 4.78 is 0. The van der Waals surface area contributed by atoms with Crippen molar-refractivity contribution >= 4 is 59.3 Å². The van der Waals surface area contributed by atoms with Crippen molar-refractivity contribution < 1.29 is 68.4 Å². The van der Waals surface area contributed by atoms with E-state index in [-0.39, 0.29) is 38.8 Å². The van der Waals surface area contributed by atoms with Crippen LogP contribution in [-0.4, -0.2) is 141 Å². The summed E-state index contributed by atoms with van der Waals surface area (Å²) in [5.41, 5.74) is 10.5. The standard InChI is InChI=1S/C28H44N8O14/c1-13(37)23(27(49)31-12-19(39)32-14(24(30)46)4-6-20(40)41)35-25(47)15(5-7-21(42)43)34-26(48)17-3-2-10-36(17)28(50)16(11-22(44)45)33-18(38)8-9-29/h13-17,23,37H,2-12,29H2,1H3,(H2,30,46)(H,31,49)(H,32,39)(H,33,38)(H,34,48)(H,35,47)(H,40,41)(H,42,43)(H,44,45)/t13-,14+,15+,16+,17+,23+/m1/s1. The van der Waals surface area contributed by atoms with Crippen LogP contribution in [0.5, 0.6) is 0 Å². The van der Waals surface area contributed by atoms with Crippen LogP contribution < -0.4 is 38.1 Å². The van der Waals surface area contributed by atoms with Gasteiger partial charge in [-0.1, -0.05) is 0 Å². The van der Waals surface area contributed by atoms with Crippen molar-refractivity contribution in [1.82, 2.24) is 31.5 Å². The molecule has 22 heteroatoms. The lowest BCUT2D eigenvalue weighted by molar-refractivity contribution is -0.146. The number of carbonyl (C=O) groups excluding carboxylic acids is 7. The number of nitrogens with zero attached hydrogens (tertiary/aromatic N) is 1. The zero-order valence-corrected chi connectivity index (χ0v) is 27.2. The number of rotatable bonds is 22. The number of aliphatic hydroxyl groups is 1. The third-order valence-electron chi connectivity index (χ3n) is 7.31. The van der Waals surface area contributed by atoms with Crippen LogP contribution in [0.4, 0.5) is 0 Å². The Morgan fingerprint density at radius 2 is 1.34 bits per heavy atom. The lowest BCUT2D eigenvalue weighted by atomic mass is 10.1. The Morgan fingerprint density at radius 1 is 0.760 bits per heavy atom. The van der Waals surface area contributed by atoms with Gasteiger partial charge in [0.05, 0.1) is 19.1 Å². The van der Waals surface area contributed by atoms with E-state index in [0.29, 0.717) is 0 Å². The molecule has 6 atom stereocenters. The molecule has 1 aliphatic heterocycles. The van der Waals surface area contributed by atoms with Crippen LogP contribution >= 0.6 is 0 Å². The lowest BCUT2D eigenvalue weighted by Crippen LogP contribution is -2.60. The summed E-state index contributed by atoms with van der Waals surface area (Å²) in [5.74, 6) is -10.8. The quantitative estimate of drug-likeness (QED) is 0.0498. The monoisotopic (exact) mass is 716 g/mol. The maximum Gasteiger partial charge on any atom is 0.305 e. The maximum atomic E-state index is 13.3. The Kier molecular flexibility index (Phi) is 17.8. The molecule has 50 heavy (non-hydrogen) atoms. The molecule has 0 aromatic carbocycles. The van der Waals surface area contributed by atoms with Gasteiger partial charge in [0, 0.05) is 32.4 Å². The van der Waals surface area contributed by atoms with E-state index in [1.807, 2.05) is 0 Å². The van der Waals surface area contributed by atoms with E-state index in [0.717, 1.165) is 11.8 Å². The number of carboxylic acid groups (broad SMARTS) is 3. The molecule has 1 saturated heterocycles. The van der Waals surface area contributed by atoms with Crippen molar-refractivity contribution in [3.05, 3.63) is 0 Å². The van der Waals surface area contributed by atoms with Crippen molar-refractivity contribution in [3.8, 4) is 0 Å². The highest BCUT2D eigenvalue weighted by atomic mass is 16.4. The van der Waals surface area contributed by atoms with Crippen molar-refractivity contribution in [3.63, 3.8) is 0 Å². The van der Waals surface area contributed by atoms with Crippen molar-refractivity contribution in [2.45, 2.75) is 94.6 Å². The van der Waals surface area contributed by atoms with Gasteiger partial charge >= 0.3 is 17.9 Å². The Balaban J connectivity index is 3.05. The minimum atomic E-state index is -1.75. The molecule has 0 aromatic rings. The summed E-state index contributed by atoms with van der Waals surface area (Å²) in [6.45, 7) is 0.222. The molecule has 1 heterocycles. The summed E-state index contributed by atoms with van der Waals surface area (Å²) >= 11 is 0. The van der Waals surface area contributed by atoms with Gasteiger partial charge in [-0.05, 0) is 32.6 Å². The predicted octanol–water partition coefficient (Wildman–Crippen LogP) is -5.55. The number of nitrogens with one attached hydrogen (secondary N) is 5.